The van der Waals surface area contributed by atoms with Gasteiger partial charge in [-0.15, -0.1) is 0 Å². The normalized spacial score (nSPS) is 12.3. The quantitative estimate of drug-likeness (QED) is 0.761. The van der Waals surface area contributed by atoms with Crippen LogP contribution in [-0.2, 0) is 13.5 Å². The number of nitrogens with one attached hydrogen (secondary N) is 1. The number of fused-ring (bicyclic) bond motifs is 1. The topological polar surface area (TPSA) is 34.0 Å². The predicted octanol–water partition coefficient (Wildman–Crippen LogP) is 3.93. The Labute approximate surface area is 136 Å². The molecule has 118 valence electrons. The Morgan fingerprint density at radius 1 is 1.09 bits per heavy atom. The van der Waals surface area contributed by atoms with Crippen molar-refractivity contribution in [3.05, 3.63) is 71.9 Å². The number of nitrogens with zero attached hydrogens (tertiary/aromatic N) is 1. The molecule has 3 rings (SSSR count). The first-order valence-electron chi connectivity index (χ1n) is 8.04. The van der Waals surface area contributed by atoms with Crippen LogP contribution in [0, 0.1) is 0 Å². The highest BCUT2D eigenvalue weighted by atomic mass is 16.1. The summed E-state index contributed by atoms with van der Waals surface area (Å²) in [4.78, 5) is 12.6. The lowest BCUT2D eigenvalue weighted by atomic mass is 10.1. The molecule has 0 aliphatic rings. The molecule has 0 fully saturated rings. The van der Waals surface area contributed by atoms with E-state index in [0.717, 1.165) is 29.3 Å². The molecule has 0 saturated carbocycles. The van der Waals surface area contributed by atoms with Gasteiger partial charge < -0.3 is 9.88 Å². The summed E-state index contributed by atoms with van der Waals surface area (Å²) in [6, 6.07) is 18.5. The average Bonchev–Trinajstić information content (AvgIpc) is 2.91. The molecule has 0 aliphatic carbocycles. The number of carbonyl (C=O) groups excluding carboxylic acids is 1. The Morgan fingerprint density at radius 2 is 1.78 bits per heavy atom. The third-order valence-electron chi connectivity index (χ3n) is 4.23. The van der Waals surface area contributed by atoms with Gasteiger partial charge in [0.2, 0.25) is 0 Å². The van der Waals surface area contributed by atoms with Gasteiger partial charge in [0, 0.05) is 30.2 Å². The fraction of sp³-hybridized carbons (Fsp3) is 0.250. The van der Waals surface area contributed by atoms with E-state index < -0.39 is 0 Å². The average molecular weight is 306 g/mol. The van der Waals surface area contributed by atoms with Gasteiger partial charge in [0.15, 0.2) is 0 Å². The summed E-state index contributed by atoms with van der Waals surface area (Å²) in [5, 5.41) is 4.12. The summed E-state index contributed by atoms with van der Waals surface area (Å²) in [5.74, 6) is 0.00219. The number of benzene rings is 2. The molecular weight excluding hydrogens is 284 g/mol. The van der Waals surface area contributed by atoms with Crippen LogP contribution in [0.25, 0.3) is 10.9 Å². The molecule has 1 N–H and O–H groups in total. The van der Waals surface area contributed by atoms with Crippen molar-refractivity contribution in [3.63, 3.8) is 0 Å². The third-order valence-corrected chi connectivity index (χ3v) is 4.23. The molecule has 2 aromatic carbocycles. The molecule has 0 aliphatic heterocycles. The van der Waals surface area contributed by atoms with Gasteiger partial charge in [0.25, 0.3) is 5.91 Å². The van der Waals surface area contributed by atoms with E-state index in [0.29, 0.717) is 0 Å². The van der Waals surface area contributed by atoms with Gasteiger partial charge in [-0.2, -0.15) is 0 Å². The van der Waals surface area contributed by atoms with E-state index in [9.17, 15) is 4.79 Å². The number of carbonyl (C=O) groups is 1. The highest BCUT2D eigenvalue weighted by Gasteiger charge is 2.15. The van der Waals surface area contributed by atoms with Crippen LogP contribution in [0.15, 0.2) is 60.8 Å². The molecule has 1 amide bonds. The standard InChI is InChI=1S/C20H22N2O/c1-15(12-13-16-8-4-3-5-9-16)21-20(23)18-14-22(2)19-11-7-6-10-17(18)19/h3-11,14-15H,12-13H2,1-2H3,(H,21,23). The zero-order valence-electron chi connectivity index (χ0n) is 13.6. The smallest absolute Gasteiger partial charge is 0.253 e. The van der Waals surface area contributed by atoms with Crippen molar-refractivity contribution in [2.24, 2.45) is 7.05 Å². The summed E-state index contributed by atoms with van der Waals surface area (Å²) in [6.07, 6.45) is 3.81. The van der Waals surface area contributed by atoms with E-state index >= 15 is 0 Å². The van der Waals surface area contributed by atoms with Crippen molar-refractivity contribution >= 4 is 16.8 Å². The molecule has 0 saturated heterocycles. The van der Waals surface area contributed by atoms with Crippen LogP contribution in [0.4, 0.5) is 0 Å². The second kappa shape index (κ2) is 6.69. The van der Waals surface area contributed by atoms with E-state index in [1.807, 2.05) is 48.1 Å². The highest BCUT2D eigenvalue weighted by molar-refractivity contribution is 6.07. The van der Waals surface area contributed by atoms with E-state index in [-0.39, 0.29) is 11.9 Å². The Kier molecular flexibility index (Phi) is 4.47. The molecule has 1 atom stereocenters. The Hall–Kier alpha value is -2.55. The van der Waals surface area contributed by atoms with E-state index in [1.54, 1.807) is 0 Å². The van der Waals surface area contributed by atoms with Gasteiger partial charge in [0.1, 0.15) is 0 Å². The molecule has 3 aromatic rings. The predicted molar refractivity (Wildman–Crippen MR) is 94.6 cm³/mol. The second-order valence-electron chi connectivity index (χ2n) is 6.07. The lowest BCUT2D eigenvalue weighted by Gasteiger charge is -2.13. The number of hydrogen-bond donors (Lipinski definition) is 1. The number of rotatable bonds is 5. The maximum atomic E-state index is 12.6. The molecule has 1 unspecified atom stereocenters. The molecule has 3 heteroatoms. The van der Waals surface area contributed by atoms with E-state index in [1.165, 1.54) is 5.56 Å². The minimum Gasteiger partial charge on any atom is -0.350 e. The van der Waals surface area contributed by atoms with Crippen molar-refractivity contribution in [3.8, 4) is 0 Å². The summed E-state index contributed by atoms with van der Waals surface area (Å²) in [7, 11) is 1.97. The van der Waals surface area contributed by atoms with E-state index in [4.69, 9.17) is 0 Å². The minimum absolute atomic E-state index is 0.00219. The zero-order chi connectivity index (χ0) is 16.2. The van der Waals surface area contributed by atoms with Gasteiger partial charge in [-0.25, -0.2) is 0 Å². The molecule has 0 spiro atoms. The molecule has 0 radical (unpaired) electrons. The van der Waals surface area contributed by atoms with Crippen molar-refractivity contribution in [2.45, 2.75) is 25.8 Å². The van der Waals surface area contributed by atoms with Crippen molar-refractivity contribution in [1.29, 1.82) is 0 Å². The number of aromatic nitrogens is 1. The van der Waals surface area contributed by atoms with Crippen LogP contribution < -0.4 is 5.32 Å². The molecule has 0 bridgehead atoms. The fourth-order valence-electron chi connectivity index (χ4n) is 2.92. The maximum absolute atomic E-state index is 12.6. The molecular formula is C20H22N2O. The molecule has 1 aromatic heterocycles. The zero-order valence-corrected chi connectivity index (χ0v) is 13.6. The lowest BCUT2D eigenvalue weighted by molar-refractivity contribution is 0.0940. The number of amides is 1. The van der Waals surface area contributed by atoms with Crippen LogP contribution in [0.2, 0.25) is 0 Å². The second-order valence-corrected chi connectivity index (χ2v) is 6.07. The molecule has 1 heterocycles. The minimum atomic E-state index is 0.00219. The van der Waals surface area contributed by atoms with Crippen LogP contribution in [-0.4, -0.2) is 16.5 Å². The van der Waals surface area contributed by atoms with Gasteiger partial charge in [-0.3, -0.25) is 4.79 Å². The fourth-order valence-corrected chi connectivity index (χ4v) is 2.92. The largest absolute Gasteiger partial charge is 0.350 e. The van der Waals surface area contributed by atoms with Gasteiger partial charge in [-0.05, 0) is 31.4 Å². The highest BCUT2D eigenvalue weighted by Crippen LogP contribution is 2.20. The summed E-state index contributed by atoms with van der Waals surface area (Å²) >= 11 is 0. The van der Waals surface area contributed by atoms with Gasteiger partial charge >= 0.3 is 0 Å². The summed E-state index contributed by atoms with van der Waals surface area (Å²) in [6.45, 7) is 2.06. The first-order chi connectivity index (χ1) is 11.1. The number of para-hydroxylation sites is 1. The van der Waals surface area contributed by atoms with Crippen molar-refractivity contribution < 1.29 is 4.79 Å². The van der Waals surface area contributed by atoms with Crippen LogP contribution in [0.5, 0.6) is 0 Å². The van der Waals surface area contributed by atoms with Crippen LogP contribution in [0.3, 0.4) is 0 Å². The van der Waals surface area contributed by atoms with Crippen molar-refractivity contribution in [1.82, 2.24) is 9.88 Å². The van der Waals surface area contributed by atoms with Crippen LogP contribution in [0.1, 0.15) is 29.3 Å². The van der Waals surface area contributed by atoms with Crippen LogP contribution >= 0.6 is 0 Å². The Balaban J connectivity index is 1.66. The number of aryl methyl sites for hydroxylation is 2. The lowest BCUT2D eigenvalue weighted by Crippen LogP contribution is -2.32. The Morgan fingerprint density at radius 3 is 2.57 bits per heavy atom. The Bertz CT molecular complexity index is 805. The summed E-state index contributed by atoms with van der Waals surface area (Å²) < 4.78 is 2.00. The molecule has 23 heavy (non-hydrogen) atoms. The first-order valence-corrected chi connectivity index (χ1v) is 8.04. The van der Waals surface area contributed by atoms with Crippen molar-refractivity contribution in [2.75, 3.05) is 0 Å². The van der Waals surface area contributed by atoms with Gasteiger partial charge in [0.05, 0.1) is 5.56 Å². The summed E-state index contributed by atoms with van der Waals surface area (Å²) in [5.41, 5.74) is 3.13. The third kappa shape index (κ3) is 3.45. The van der Waals surface area contributed by atoms with E-state index in [2.05, 4.69) is 36.5 Å². The number of hydrogen-bond acceptors (Lipinski definition) is 1. The molecule has 3 nitrogen and oxygen atoms in total. The maximum Gasteiger partial charge on any atom is 0.253 e. The monoisotopic (exact) mass is 306 g/mol. The van der Waals surface area contributed by atoms with Gasteiger partial charge in [-0.1, -0.05) is 48.5 Å². The first kappa shape index (κ1) is 15.3. The SMILES string of the molecule is CC(CCc1ccccc1)NC(=O)c1cn(C)c2ccccc12.